The number of hydrogen-bond acceptors (Lipinski definition) is 7. The van der Waals surface area contributed by atoms with Crippen molar-refractivity contribution in [2.75, 3.05) is 58.4 Å². The van der Waals surface area contributed by atoms with E-state index in [1.165, 1.54) is 4.90 Å². The predicted octanol–water partition coefficient (Wildman–Crippen LogP) is 2.51. The predicted molar refractivity (Wildman–Crippen MR) is 113 cm³/mol. The van der Waals surface area contributed by atoms with Crippen molar-refractivity contribution < 1.29 is 19.0 Å². The van der Waals surface area contributed by atoms with Gasteiger partial charge < -0.3 is 19.1 Å². The van der Waals surface area contributed by atoms with Crippen molar-refractivity contribution in [3.8, 4) is 5.75 Å². The molecule has 160 valence electrons. The second-order valence-corrected chi connectivity index (χ2v) is 7.61. The number of anilines is 1. The van der Waals surface area contributed by atoms with E-state index in [-0.39, 0.29) is 0 Å². The molecule has 2 aliphatic heterocycles. The van der Waals surface area contributed by atoms with Crippen LogP contribution in [0.25, 0.3) is 0 Å². The zero-order chi connectivity index (χ0) is 20.9. The van der Waals surface area contributed by atoms with Crippen molar-refractivity contribution in [1.82, 2.24) is 14.8 Å². The Bertz CT molecular complexity index is 849. The van der Waals surface area contributed by atoms with Gasteiger partial charge in [0.1, 0.15) is 17.3 Å². The van der Waals surface area contributed by atoms with Gasteiger partial charge in [-0.1, -0.05) is 24.3 Å². The first-order chi connectivity index (χ1) is 14.6. The van der Waals surface area contributed by atoms with E-state index in [2.05, 4.69) is 16.8 Å². The van der Waals surface area contributed by atoms with Gasteiger partial charge in [-0.2, -0.15) is 0 Å². The number of para-hydroxylation sites is 1. The lowest BCUT2D eigenvalue weighted by atomic mass is 10.1. The molecule has 1 aromatic heterocycles. The number of hydrogen-bond donors (Lipinski definition) is 0. The lowest BCUT2D eigenvalue weighted by molar-refractivity contribution is -0.0483. The molecule has 0 radical (unpaired) electrons. The van der Waals surface area contributed by atoms with Crippen LogP contribution in [0.5, 0.6) is 5.75 Å². The van der Waals surface area contributed by atoms with Crippen molar-refractivity contribution in [1.29, 1.82) is 0 Å². The summed E-state index contributed by atoms with van der Waals surface area (Å²) >= 11 is 0. The summed E-state index contributed by atoms with van der Waals surface area (Å²) in [5.41, 5.74) is 1.78. The molecule has 1 amide bonds. The van der Waals surface area contributed by atoms with Gasteiger partial charge in [-0.15, -0.1) is 0 Å². The van der Waals surface area contributed by atoms with Crippen molar-refractivity contribution in [2.45, 2.75) is 12.8 Å². The number of carbonyl (C=O) groups is 1. The van der Waals surface area contributed by atoms with Crippen LogP contribution in [-0.4, -0.2) is 74.4 Å². The Morgan fingerprint density at radius 2 is 1.80 bits per heavy atom. The normalized spacial score (nSPS) is 18.5. The smallest absolute Gasteiger partial charge is 0.410 e. The third-order valence-electron chi connectivity index (χ3n) is 5.40. The molecule has 8 nitrogen and oxygen atoms in total. The van der Waals surface area contributed by atoms with E-state index in [1.54, 1.807) is 19.2 Å². The van der Waals surface area contributed by atoms with Crippen LogP contribution in [0.2, 0.25) is 0 Å². The first-order valence-corrected chi connectivity index (χ1v) is 10.2. The fourth-order valence-electron chi connectivity index (χ4n) is 3.53. The quantitative estimate of drug-likeness (QED) is 0.748. The van der Waals surface area contributed by atoms with Crippen LogP contribution < -0.4 is 9.64 Å². The highest BCUT2D eigenvalue weighted by Gasteiger charge is 2.26. The highest BCUT2D eigenvalue weighted by atomic mass is 16.7. The zero-order valence-corrected chi connectivity index (χ0v) is 17.5. The summed E-state index contributed by atoms with van der Waals surface area (Å²) in [5.74, 6) is 0.982. The minimum absolute atomic E-state index is 0.490. The number of amides is 1. The average molecular weight is 412 g/mol. The average Bonchev–Trinajstić information content (AvgIpc) is 3.30. The van der Waals surface area contributed by atoms with Crippen LogP contribution in [-0.2, 0) is 16.0 Å². The van der Waals surface area contributed by atoms with E-state index in [0.717, 1.165) is 44.0 Å². The molecule has 0 N–H and O–H groups in total. The Balaban J connectivity index is 1.52. The zero-order valence-electron chi connectivity index (χ0n) is 17.5. The van der Waals surface area contributed by atoms with Gasteiger partial charge in [-0.05, 0) is 30.8 Å². The molecule has 1 aromatic carbocycles. The van der Waals surface area contributed by atoms with E-state index in [4.69, 9.17) is 19.2 Å². The van der Waals surface area contributed by atoms with Gasteiger partial charge in [-0.3, -0.25) is 9.80 Å². The molecule has 8 heteroatoms. The number of ether oxygens (including phenoxy) is 3. The number of piperazine rings is 1. The highest BCUT2D eigenvalue weighted by molar-refractivity contribution is 5.87. The van der Waals surface area contributed by atoms with Gasteiger partial charge in [0.2, 0.25) is 6.29 Å². The topological polar surface area (TPSA) is 67.4 Å². The molecule has 0 bridgehead atoms. The second kappa shape index (κ2) is 9.53. The SMILES string of the molecule is CN1CCN(Cc2ccc(N(C)C(=O)Oc3ccccc3)nc2C2OCCO2)CC1. The van der Waals surface area contributed by atoms with Crippen molar-refractivity contribution in [3.63, 3.8) is 0 Å². The van der Waals surface area contributed by atoms with E-state index in [1.807, 2.05) is 30.3 Å². The van der Waals surface area contributed by atoms with Gasteiger partial charge in [0.05, 0.1) is 13.2 Å². The first kappa shape index (κ1) is 20.7. The molecule has 0 unspecified atom stereocenters. The van der Waals surface area contributed by atoms with Crippen molar-refractivity contribution in [3.05, 3.63) is 53.7 Å². The Kier molecular flexibility index (Phi) is 6.59. The first-order valence-electron chi connectivity index (χ1n) is 10.2. The van der Waals surface area contributed by atoms with Gasteiger partial charge in [-0.25, -0.2) is 9.78 Å². The largest absolute Gasteiger partial charge is 0.420 e. The van der Waals surface area contributed by atoms with Crippen LogP contribution in [0.3, 0.4) is 0 Å². The molecule has 0 saturated carbocycles. The standard InChI is InChI=1S/C22H28N4O4/c1-24-10-12-26(13-11-24)16-17-8-9-19(23-20(17)21-28-14-15-29-21)25(2)22(27)30-18-6-4-3-5-7-18/h3-9,21H,10-16H2,1-2H3. The van der Waals surface area contributed by atoms with E-state index in [9.17, 15) is 4.79 Å². The summed E-state index contributed by atoms with van der Waals surface area (Å²) in [7, 11) is 3.79. The van der Waals surface area contributed by atoms with Crippen LogP contribution in [0.4, 0.5) is 10.6 Å². The number of carbonyl (C=O) groups excluding carboxylic acids is 1. The maximum atomic E-state index is 12.6. The molecule has 4 rings (SSSR count). The van der Waals surface area contributed by atoms with Crippen LogP contribution >= 0.6 is 0 Å². The maximum Gasteiger partial charge on any atom is 0.420 e. The Labute approximate surface area is 176 Å². The highest BCUT2D eigenvalue weighted by Crippen LogP contribution is 2.28. The third kappa shape index (κ3) is 4.96. The summed E-state index contributed by atoms with van der Waals surface area (Å²) in [6, 6.07) is 12.8. The molecule has 2 fully saturated rings. The number of likely N-dealkylation sites (N-methyl/N-ethyl adjacent to an activating group) is 1. The van der Waals surface area contributed by atoms with Crippen molar-refractivity contribution in [2.24, 2.45) is 0 Å². The van der Waals surface area contributed by atoms with Gasteiger partial charge in [0.25, 0.3) is 0 Å². The number of pyridine rings is 1. The summed E-state index contributed by atoms with van der Waals surface area (Å²) in [6.07, 6.45) is -1.01. The molecule has 2 aliphatic rings. The number of benzene rings is 1. The summed E-state index contributed by atoms with van der Waals surface area (Å²) in [5, 5.41) is 0. The maximum absolute atomic E-state index is 12.6. The fourth-order valence-corrected chi connectivity index (χ4v) is 3.53. The van der Waals surface area contributed by atoms with E-state index < -0.39 is 12.4 Å². The van der Waals surface area contributed by atoms with E-state index >= 15 is 0 Å². The molecule has 2 aromatic rings. The molecule has 0 aliphatic carbocycles. The van der Waals surface area contributed by atoms with Gasteiger partial charge >= 0.3 is 6.09 Å². The number of rotatable bonds is 5. The van der Waals surface area contributed by atoms with Crippen molar-refractivity contribution >= 4 is 11.9 Å². The number of aromatic nitrogens is 1. The molecule has 0 atom stereocenters. The molecule has 2 saturated heterocycles. The lowest BCUT2D eigenvalue weighted by Gasteiger charge is -2.33. The lowest BCUT2D eigenvalue weighted by Crippen LogP contribution is -2.44. The van der Waals surface area contributed by atoms with Gasteiger partial charge in [0, 0.05) is 39.8 Å². The summed E-state index contributed by atoms with van der Waals surface area (Å²) < 4.78 is 16.9. The Morgan fingerprint density at radius 3 is 2.50 bits per heavy atom. The van der Waals surface area contributed by atoms with Gasteiger partial charge in [0.15, 0.2) is 0 Å². The monoisotopic (exact) mass is 412 g/mol. The molecule has 30 heavy (non-hydrogen) atoms. The van der Waals surface area contributed by atoms with Crippen LogP contribution in [0.1, 0.15) is 17.5 Å². The molecule has 0 spiro atoms. The Hall–Kier alpha value is -2.52. The molecular formula is C22H28N4O4. The molecule has 3 heterocycles. The van der Waals surface area contributed by atoms with Crippen LogP contribution in [0, 0.1) is 0 Å². The fraction of sp³-hybridized carbons (Fsp3) is 0.455. The summed E-state index contributed by atoms with van der Waals surface area (Å²) in [4.78, 5) is 23.4. The van der Waals surface area contributed by atoms with E-state index in [0.29, 0.717) is 24.8 Å². The molecular weight excluding hydrogens is 384 g/mol. The minimum atomic E-state index is -0.508. The second-order valence-electron chi connectivity index (χ2n) is 7.61. The minimum Gasteiger partial charge on any atom is -0.410 e. The Morgan fingerprint density at radius 1 is 1.10 bits per heavy atom. The van der Waals surface area contributed by atoms with Crippen LogP contribution in [0.15, 0.2) is 42.5 Å². The third-order valence-corrected chi connectivity index (χ3v) is 5.40. The summed E-state index contributed by atoms with van der Waals surface area (Å²) in [6.45, 7) is 5.96. The number of nitrogens with zero attached hydrogens (tertiary/aromatic N) is 4.